The van der Waals surface area contributed by atoms with Gasteiger partial charge in [0, 0.05) is 24.1 Å². The zero-order valence-corrected chi connectivity index (χ0v) is 11.7. The number of rotatable bonds is 1. The number of pyridine rings is 1. The number of hydrogen-bond acceptors (Lipinski definition) is 4. The number of oxazole rings is 1. The third kappa shape index (κ3) is 1.67. The molecule has 0 fully saturated rings. The summed E-state index contributed by atoms with van der Waals surface area (Å²) in [4.78, 5) is 20.5. The number of carbonyl (C=O) groups excluding carboxylic acids is 1. The van der Waals surface area contributed by atoms with Gasteiger partial charge in [-0.1, -0.05) is 0 Å². The van der Waals surface area contributed by atoms with Crippen LogP contribution in [0.4, 0.5) is 5.69 Å². The molecule has 2 aromatic heterocycles. The molecule has 1 N–H and O–H groups in total. The first kappa shape index (κ1) is 12.1. The van der Waals surface area contributed by atoms with E-state index in [4.69, 9.17) is 4.42 Å². The van der Waals surface area contributed by atoms with Crippen LogP contribution in [0.15, 0.2) is 41.1 Å². The van der Waals surface area contributed by atoms with Gasteiger partial charge in [0.25, 0.3) is 0 Å². The van der Waals surface area contributed by atoms with E-state index in [2.05, 4.69) is 15.3 Å². The molecule has 1 aliphatic rings. The van der Waals surface area contributed by atoms with Crippen molar-refractivity contribution in [2.45, 2.75) is 19.3 Å². The third-order valence-corrected chi connectivity index (χ3v) is 3.93. The second-order valence-electron chi connectivity index (χ2n) is 5.71. The molecule has 1 aromatic carbocycles. The van der Waals surface area contributed by atoms with Crippen molar-refractivity contribution in [2.24, 2.45) is 0 Å². The van der Waals surface area contributed by atoms with Gasteiger partial charge >= 0.3 is 0 Å². The summed E-state index contributed by atoms with van der Waals surface area (Å²) in [6.45, 7) is 3.81. The number of benzene rings is 1. The lowest BCUT2D eigenvalue weighted by Crippen LogP contribution is -2.26. The van der Waals surface area contributed by atoms with E-state index in [0.717, 1.165) is 22.3 Å². The maximum absolute atomic E-state index is 12.0. The van der Waals surface area contributed by atoms with Crippen molar-refractivity contribution in [1.29, 1.82) is 0 Å². The molecule has 104 valence electrons. The van der Waals surface area contributed by atoms with Gasteiger partial charge in [-0.2, -0.15) is 0 Å². The van der Waals surface area contributed by atoms with Gasteiger partial charge in [-0.15, -0.1) is 0 Å². The summed E-state index contributed by atoms with van der Waals surface area (Å²) in [6, 6.07) is 7.50. The van der Waals surface area contributed by atoms with Crippen LogP contribution in [0.3, 0.4) is 0 Å². The average molecular weight is 279 g/mol. The Morgan fingerprint density at radius 2 is 2.14 bits per heavy atom. The number of nitrogens with one attached hydrogen (secondary N) is 1. The van der Waals surface area contributed by atoms with Crippen LogP contribution in [0.2, 0.25) is 0 Å². The van der Waals surface area contributed by atoms with E-state index < -0.39 is 5.41 Å². The summed E-state index contributed by atoms with van der Waals surface area (Å²) in [5, 5.41) is 2.89. The zero-order valence-electron chi connectivity index (χ0n) is 11.7. The highest BCUT2D eigenvalue weighted by Gasteiger charge is 2.39. The van der Waals surface area contributed by atoms with Crippen molar-refractivity contribution in [3.63, 3.8) is 0 Å². The highest BCUT2D eigenvalue weighted by Crippen LogP contribution is 2.40. The van der Waals surface area contributed by atoms with Crippen LogP contribution in [0, 0.1) is 0 Å². The van der Waals surface area contributed by atoms with E-state index in [-0.39, 0.29) is 5.91 Å². The second kappa shape index (κ2) is 3.91. The van der Waals surface area contributed by atoms with Gasteiger partial charge in [-0.05, 0) is 37.6 Å². The fraction of sp³-hybridized carbons (Fsp3) is 0.188. The van der Waals surface area contributed by atoms with E-state index >= 15 is 0 Å². The molecule has 1 aliphatic heterocycles. The van der Waals surface area contributed by atoms with Crippen molar-refractivity contribution in [3.05, 3.63) is 42.2 Å². The monoisotopic (exact) mass is 279 g/mol. The summed E-state index contributed by atoms with van der Waals surface area (Å²) in [5.41, 5.74) is 3.44. The predicted molar refractivity (Wildman–Crippen MR) is 78.9 cm³/mol. The molecule has 5 heteroatoms. The Morgan fingerprint density at radius 1 is 1.29 bits per heavy atom. The summed E-state index contributed by atoms with van der Waals surface area (Å²) < 4.78 is 5.78. The number of amides is 1. The first-order valence-electron chi connectivity index (χ1n) is 6.72. The summed E-state index contributed by atoms with van der Waals surface area (Å²) in [5.74, 6) is 0.531. The SMILES string of the molecule is CC1(C)C(=O)Nc2cc3oc(-c4cccnc4)nc3cc21. The van der Waals surface area contributed by atoms with Crippen LogP contribution >= 0.6 is 0 Å². The lowest BCUT2D eigenvalue weighted by molar-refractivity contribution is -0.119. The second-order valence-corrected chi connectivity index (χ2v) is 5.71. The van der Waals surface area contributed by atoms with E-state index in [0.29, 0.717) is 11.5 Å². The minimum absolute atomic E-state index is 0.00219. The highest BCUT2D eigenvalue weighted by atomic mass is 16.3. The Morgan fingerprint density at radius 3 is 2.90 bits per heavy atom. The predicted octanol–water partition coefficient (Wildman–Crippen LogP) is 3.12. The maximum atomic E-state index is 12.0. The molecule has 0 saturated heterocycles. The number of nitrogens with zero attached hydrogens (tertiary/aromatic N) is 2. The fourth-order valence-electron chi connectivity index (χ4n) is 2.61. The molecule has 4 rings (SSSR count). The molecule has 3 heterocycles. The molecule has 1 amide bonds. The van der Waals surface area contributed by atoms with Crippen LogP contribution < -0.4 is 5.32 Å². The Labute approximate surface area is 121 Å². The van der Waals surface area contributed by atoms with Gasteiger partial charge in [-0.25, -0.2) is 4.98 Å². The van der Waals surface area contributed by atoms with Gasteiger partial charge in [0.05, 0.1) is 11.0 Å². The standard InChI is InChI=1S/C16H13N3O2/c1-16(2)10-6-12-13(7-11(10)19-15(16)20)21-14(18-12)9-4-3-5-17-8-9/h3-8H,1-2H3,(H,19,20). The molecule has 0 radical (unpaired) electrons. The molecule has 5 nitrogen and oxygen atoms in total. The van der Waals surface area contributed by atoms with Gasteiger partial charge < -0.3 is 9.73 Å². The van der Waals surface area contributed by atoms with E-state index in [1.807, 2.05) is 38.1 Å². The Hall–Kier alpha value is -2.69. The molecule has 0 atom stereocenters. The van der Waals surface area contributed by atoms with E-state index in [1.165, 1.54) is 0 Å². The summed E-state index contributed by atoms with van der Waals surface area (Å²) in [6.07, 6.45) is 3.42. The molecule has 3 aromatic rings. The minimum atomic E-state index is -0.545. The van der Waals surface area contributed by atoms with Gasteiger partial charge in [-0.3, -0.25) is 9.78 Å². The lowest BCUT2D eigenvalue weighted by atomic mass is 9.86. The molecular weight excluding hydrogens is 266 g/mol. The van der Waals surface area contributed by atoms with Crippen molar-refractivity contribution in [3.8, 4) is 11.5 Å². The number of fused-ring (bicyclic) bond motifs is 2. The topological polar surface area (TPSA) is 68.0 Å². The molecule has 0 bridgehead atoms. The average Bonchev–Trinajstić information content (AvgIpc) is 2.98. The maximum Gasteiger partial charge on any atom is 0.234 e. The van der Waals surface area contributed by atoms with Gasteiger partial charge in [0.1, 0.15) is 5.52 Å². The molecule has 21 heavy (non-hydrogen) atoms. The van der Waals surface area contributed by atoms with Crippen molar-refractivity contribution < 1.29 is 9.21 Å². The van der Waals surface area contributed by atoms with Crippen LogP contribution in [0.25, 0.3) is 22.6 Å². The number of aromatic nitrogens is 2. The quantitative estimate of drug-likeness (QED) is 0.743. The summed E-state index contributed by atoms with van der Waals surface area (Å²) in [7, 11) is 0. The number of anilines is 1. The number of hydrogen-bond donors (Lipinski definition) is 1. The summed E-state index contributed by atoms with van der Waals surface area (Å²) >= 11 is 0. The largest absolute Gasteiger partial charge is 0.436 e. The van der Waals surface area contributed by atoms with Crippen molar-refractivity contribution in [2.75, 3.05) is 5.32 Å². The van der Waals surface area contributed by atoms with Gasteiger partial charge in [0.15, 0.2) is 5.58 Å². The molecule has 0 saturated carbocycles. The fourth-order valence-corrected chi connectivity index (χ4v) is 2.61. The zero-order chi connectivity index (χ0) is 14.6. The van der Waals surface area contributed by atoms with Crippen LogP contribution in [0.1, 0.15) is 19.4 Å². The molecule has 0 spiro atoms. The molecule has 0 unspecified atom stereocenters. The molecular formula is C16H13N3O2. The van der Waals surface area contributed by atoms with Gasteiger partial charge in [0.2, 0.25) is 11.8 Å². The van der Waals surface area contributed by atoms with Crippen molar-refractivity contribution in [1.82, 2.24) is 9.97 Å². The van der Waals surface area contributed by atoms with Crippen LogP contribution in [0.5, 0.6) is 0 Å². The van der Waals surface area contributed by atoms with Crippen molar-refractivity contribution >= 4 is 22.7 Å². The number of carbonyl (C=O) groups is 1. The Kier molecular flexibility index (Phi) is 2.25. The highest BCUT2D eigenvalue weighted by molar-refractivity contribution is 6.07. The van der Waals surface area contributed by atoms with Crippen LogP contribution in [-0.2, 0) is 10.2 Å². The molecule has 0 aliphatic carbocycles. The van der Waals surface area contributed by atoms with E-state index in [9.17, 15) is 4.79 Å². The first-order valence-corrected chi connectivity index (χ1v) is 6.72. The Balaban J connectivity index is 1.90. The minimum Gasteiger partial charge on any atom is -0.436 e. The van der Waals surface area contributed by atoms with Crippen LogP contribution in [-0.4, -0.2) is 15.9 Å². The smallest absolute Gasteiger partial charge is 0.234 e. The van der Waals surface area contributed by atoms with E-state index in [1.54, 1.807) is 12.4 Å². The third-order valence-electron chi connectivity index (χ3n) is 3.93. The normalized spacial score (nSPS) is 16.0. The first-order chi connectivity index (χ1) is 10.1. The lowest BCUT2D eigenvalue weighted by Gasteiger charge is -2.14. The Bertz CT molecular complexity index is 866.